The van der Waals surface area contributed by atoms with Crippen molar-refractivity contribution in [1.29, 1.82) is 0 Å². The maximum atomic E-state index is 13.5. The van der Waals surface area contributed by atoms with Gasteiger partial charge in [0, 0.05) is 15.6 Å². The monoisotopic (exact) mass is 588 g/mol. The van der Waals surface area contributed by atoms with Crippen molar-refractivity contribution in [3.05, 3.63) is 124 Å². The number of anilines is 2. The van der Waals surface area contributed by atoms with Crippen LogP contribution >= 0.6 is 35.0 Å². The molecule has 1 atom stereocenters. The molecular weight excluding hydrogens is 567 g/mol. The van der Waals surface area contributed by atoms with Crippen LogP contribution in [0.25, 0.3) is 0 Å². The van der Waals surface area contributed by atoms with Crippen LogP contribution in [0.3, 0.4) is 0 Å². The van der Waals surface area contributed by atoms with E-state index < -0.39 is 5.25 Å². The van der Waals surface area contributed by atoms with E-state index in [-0.39, 0.29) is 35.0 Å². The summed E-state index contributed by atoms with van der Waals surface area (Å²) in [5.74, 6) is -0.649. The number of rotatable bonds is 7. The number of halogens is 2. The van der Waals surface area contributed by atoms with Gasteiger partial charge in [-0.15, -0.1) is 11.8 Å². The maximum absolute atomic E-state index is 13.5. The van der Waals surface area contributed by atoms with E-state index in [4.69, 9.17) is 23.2 Å². The molecule has 0 aromatic heterocycles. The second-order valence-electron chi connectivity index (χ2n) is 8.77. The fourth-order valence-electron chi connectivity index (χ4n) is 4.03. The van der Waals surface area contributed by atoms with E-state index >= 15 is 0 Å². The quantitative estimate of drug-likeness (QED) is 0.229. The molecule has 5 rings (SSSR count). The SMILES string of the molecule is O=C(Nc1cccc(SC(C(=O)NC2=NN(c3ccccc3)C(=O)C2)c2ccccc2)c1)c1ccc(Cl)cc1Cl. The molecule has 4 aromatic carbocycles. The molecule has 0 spiro atoms. The average Bonchev–Trinajstić information content (AvgIpc) is 3.32. The van der Waals surface area contributed by atoms with Gasteiger partial charge in [-0.2, -0.15) is 10.1 Å². The summed E-state index contributed by atoms with van der Waals surface area (Å²) in [6.07, 6.45) is -0.0123. The molecule has 0 aliphatic carbocycles. The van der Waals surface area contributed by atoms with Gasteiger partial charge in [-0.1, -0.05) is 77.8 Å². The van der Waals surface area contributed by atoms with Crippen molar-refractivity contribution in [3.8, 4) is 0 Å². The normalized spacial score (nSPS) is 13.5. The Hall–Kier alpha value is -4.11. The maximum Gasteiger partial charge on any atom is 0.257 e. The van der Waals surface area contributed by atoms with Gasteiger partial charge >= 0.3 is 0 Å². The summed E-state index contributed by atoms with van der Waals surface area (Å²) in [6, 6.07) is 30.2. The first-order valence-corrected chi connectivity index (χ1v) is 13.9. The van der Waals surface area contributed by atoms with Gasteiger partial charge in [0.05, 0.1) is 22.7 Å². The molecule has 0 fully saturated rings. The number of thioether (sulfide) groups is 1. The highest BCUT2D eigenvalue weighted by molar-refractivity contribution is 8.00. The summed E-state index contributed by atoms with van der Waals surface area (Å²) in [7, 11) is 0. The first-order chi connectivity index (χ1) is 19.4. The lowest BCUT2D eigenvalue weighted by molar-refractivity contribution is -0.119. The van der Waals surface area contributed by atoms with Gasteiger partial charge < -0.3 is 10.6 Å². The summed E-state index contributed by atoms with van der Waals surface area (Å²) in [4.78, 5) is 39.7. The predicted octanol–water partition coefficient (Wildman–Crippen LogP) is 6.95. The minimum Gasteiger partial charge on any atom is -0.322 e. The summed E-state index contributed by atoms with van der Waals surface area (Å²) in [6.45, 7) is 0. The Kier molecular flexibility index (Phi) is 8.50. The molecule has 0 radical (unpaired) electrons. The van der Waals surface area contributed by atoms with Crippen molar-refractivity contribution in [1.82, 2.24) is 5.32 Å². The van der Waals surface area contributed by atoms with Gasteiger partial charge in [0.1, 0.15) is 11.1 Å². The minimum atomic E-state index is -0.651. The number of amides is 3. The molecule has 0 saturated carbocycles. The van der Waals surface area contributed by atoms with E-state index in [2.05, 4.69) is 15.7 Å². The van der Waals surface area contributed by atoms with E-state index in [1.54, 1.807) is 42.5 Å². The number of nitrogens with one attached hydrogen (secondary N) is 2. The molecule has 10 heteroatoms. The molecule has 1 aliphatic heterocycles. The van der Waals surface area contributed by atoms with Crippen LogP contribution in [0.15, 0.2) is 113 Å². The fourth-order valence-corrected chi connectivity index (χ4v) is 5.61. The summed E-state index contributed by atoms with van der Waals surface area (Å²) in [5.41, 5.74) is 2.24. The van der Waals surface area contributed by atoms with Crippen LogP contribution in [0.5, 0.6) is 0 Å². The zero-order chi connectivity index (χ0) is 28.1. The highest BCUT2D eigenvalue weighted by atomic mass is 35.5. The van der Waals surface area contributed by atoms with Gasteiger partial charge in [0.2, 0.25) is 5.91 Å². The Morgan fingerprint density at radius 1 is 0.850 bits per heavy atom. The highest BCUT2D eigenvalue weighted by Crippen LogP contribution is 2.37. The van der Waals surface area contributed by atoms with Crippen LogP contribution in [0.4, 0.5) is 11.4 Å². The van der Waals surface area contributed by atoms with E-state index in [9.17, 15) is 14.4 Å². The molecule has 0 bridgehead atoms. The number of hydrogen-bond acceptors (Lipinski definition) is 5. The van der Waals surface area contributed by atoms with Crippen molar-refractivity contribution in [2.24, 2.45) is 5.10 Å². The van der Waals surface area contributed by atoms with Crippen LogP contribution in [-0.2, 0) is 9.59 Å². The van der Waals surface area contributed by atoms with Crippen LogP contribution in [0, 0.1) is 0 Å². The Labute approximate surface area is 245 Å². The number of benzene rings is 4. The van der Waals surface area contributed by atoms with Gasteiger partial charge in [-0.05, 0) is 54.1 Å². The number of hydrogen-bond donors (Lipinski definition) is 2. The van der Waals surface area contributed by atoms with E-state index in [1.807, 2.05) is 54.6 Å². The molecule has 1 heterocycles. The zero-order valence-electron chi connectivity index (χ0n) is 20.9. The third-order valence-corrected chi connectivity index (χ3v) is 7.70. The number of para-hydroxylation sites is 1. The Balaban J connectivity index is 1.34. The van der Waals surface area contributed by atoms with E-state index in [1.165, 1.54) is 22.8 Å². The third kappa shape index (κ3) is 6.54. The number of carbonyl (C=O) groups excluding carboxylic acids is 3. The molecular formula is C30H22Cl2N4O3S. The van der Waals surface area contributed by atoms with Crippen molar-refractivity contribution < 1.29 is 14.4 Å². The van der Waals surface area contributed by atoms with E-state index in [0.29, 0.717) is 22.0 Å². The van der Waals surface area contributed by atoms with Crippen LogP contribution in [0.1, 0.15) is 27.6 Å². The minimum absolute atomic E-state index is 0.0123. The van der Waals surface area contributed by atoms with E-state index in [0.717, 1.165) is 10.5 Å². The second kappa shape index (κ2) is 12.4. The van der Waals surface area contributed by atoms with Crippen molar-refractivity contribution in [2.75, 3.05) is 10.3 Å². The van der Waals surface area contributed by atoms with Crippen molar-refractivity contribution in [2.45, 2.75) is 16.6 Å². The highest BCUT2D eigenvalue weighted by Gasteiger charge is 2.29. The predicted molar refractivity (Wildman–Crippen MR) is 160 cm³/mol. The third-order valence-electron chi connectivity index (χ3n) is 5.91. The first kappa shape index (κ1) is 27.5. The second-order valence-corrected chi connectivity index (χ2v) is 10.8. The molecule has 4 aromatic rings. The summed E-state index contributed by atoms with van der Waals surface area (Å²) < 4.78 is 0. The standard InChI is InChI=1S/C30H22Cl2N4O3S/c31-20-14-15-24(25(32)16-20)29(38)33-21-10-7-13-23(17-21)40-28(19-8-3-1-4-9-19)30(39)34-26-18-27(37)36(35-26)22-11-5-2-6-12-22/h1-17,28H,18H2,(H,33,38)(H,34,35,39). The lowest BCUT2D eigenvalue weighted by Crippen LogP contribution is -2.33. The van der Waals surface area contributed by atoms with Crippen molar-refractivity contribution >= 4 is 69.9 Å². The number of nitrogens with zero attached hydrogens (tertiary/aromatic N) is 2. The van der Waals surface area contributed by atoms with Gasteiger partial charge in [0.15, 0.2) is 0 Å². The Morgan fingerprint density at radius 3 is 2.30 bits per heavy atom. The molecule has 2 N–H and O–H groups in total. The largest absolute Gasteiger partial charge is 0.322 e. The molecule has 1 unspecified atom stereocenters. The van der Waals surface area contributed by atoms with Crippen molar-refractivity contribution in [3.63, 3.8) is 0 Å². The van der Waals surface area contributed by atoms with Gasteiger partial charge in [0.25, 0.3) is 11.8 Å². The molecule has 3 amide bonds. The average molecular weight is 590 g/mol. The molecule has 0 saturated heterocycles. The Morgan fingerprint density at radius 2 is 1.57 bits per heavy atom. The summed E-state index contributed by atoms with van der Waals surface area (Å²) in [5, 5.41) is 11.3. The van der Waals surface area contributed by atoms with Gasteiger partial charge in [-0.25, -0.2) is 0 Å². The van der Waals surface area contributed by atoms with Crippen LogP contribution in [0.2, 0.25) is 10.0 Å². The lowest BCUT2D eigenvalue weighted by atomic mass is 10.1. The number of amidine groups is 1. The smallest absolute Gasteiger partial charge is 0.257 e. The number of hydrazone groups is 1. The fraction of sp³-hybridized carbons (Fsp3) is 0.0667. The van der Waals surface area contributed by atoms with Gasteiger partial charge in [-0.3, -0.25) is 14.4 Å². The molecule has 200 valence electrons. The van der Waals surface area contributed by atoms with Crippen LogP contribution in [-0.4, -0.2) is 23.6 Å². The Bertz CT molecular complexity index is 1600. The topological polar surface area (TPSA) is 90.9 Å². The number of carbonyl (C=O) groups is 3. The lowest BCUT2D eigenvalue weighted by Gasteiger charge is -2.17. The van der Waals surface area contributed by atoms with Crippen LogP contribution < -0.4 is 15.6 Å². The zero-order valence-corrected chi connectivity index (χ0v) is 23.2. The molecule has 40 heavy (non-hydrogen) atoms. The first-order valence-electron chi connectivity index (χ1n) is 12.2. The summed E-state index contributed by atoms with van der Waals surface area (Å²) >= 11 is 13.4. The molecule has 1 aliphatic rings. The molecule has 7 nitrogen and oxygen atoms in total.